The van der Waals surface area contributed by atoms with Crippen LogP contribution in [0.1, 0.15) is 46.0 Å². The first-order chi connectivity index (χ1) is 9.51. The second kappa shape index (κ2) is 6.61. The highest BCUT2D eigenvalue weighted by Crippen LogP contribution is 2.32. The SMILES string of the molecule is C=C(C)CN(CC)C(=O)NC1C[C@H]2CCC[C@@H](C1)N2C. The second-order valence-corrected chi connectivity index (χ2v) is 6.49. The molecule has 2 fully saturated rings. The number of fused-ring (bicyclic) bond motifs is 2. The van der Waals surface area contributed by atoms with E-state index in [-0.39, 0.29) is 6.03 Å². The third-order valence-electron chi connectivity index (χ3n) is 4.80. The average molecular weight is 279 g/mol. The predicted molar refractivity (Wildman–Crippen MR) is 82.8 cm³/mol. The van der Waals surface area contributed by atoms with Gasteiger partial charge in [0.15, 0.2) is 0 Å². The third kappa shape index (κ3) is 3.54. The van der Waals surface area contributed by atoms with E-state index in [0.29, 0.717) is 24.7 Å². The fourth-order valence-corrected chi connectivity index (χ4v) is 3.65. The number of amides is 2. The maximum atomic E-state index is 12.3. The minimum atomic E-state index is 0.0723. The van der Waals surface area contributed by atoms with Crippen molar-refractivity contribution < 1.29 is 4.79 Å². The maximum absolute atomic E-state index is 12.3. The highest BCUT2D eigenvalue weighted by Gasteiger charge is 2.36. The summed E-state index contributed by atoms with van der Waals surface area (Å²) in [7, 11) is 2.24. The third-order valence-corrected chi connectivity index (χ3v) is 4.80. The fourth-order valence-electron chi connectivity index (χ4n) is 3.65. The van der Waals surface area contributed by atoms with Crippen molar-refractivity contribution >= 4 is 6.03 Å². The van der Waals surface area contributed by atoms with E-state index >= 15 is 0 Å². The smallest absolute Gasteiger partial charge is 0.317 e. The average Bonchev–Trinajstić information content (AvgIpc) is 2.36. The van der Waals surface area contributed by atoms with Crippen LogP contribution in [-0.2, 0) is 0 Å². The molecule has 0 saturated carbocycles. The van der Waals surface area contributed by atoms with Crippen molar-refractivity contribution in [2.24, 2.45) is 0 Å². The molecule has 2 amide bonds. The number of likely N-dealkylation sites (N-methyl/N-ethyl adjacent to an activating group) is 1. The largest absolute Gasteiger partial charge is 0.335 e. The zero-order valence-electron chi connectivity index (χ0n) is 13.2. The Morgan fingerprint density at radius 2 is 1.95 bits per heavy atom. The molecule has 4 heteroatoms. The molecule has 4 nitrogen and oxygen atoms in total. The van der Waals surface area contributed by atoms with E-state index in [2.05, 4.69) is 23.8 Å². The Labute approximate surface area is 123 Å². The van der Waals surface area contributed by atoms with Crippen LogP contribution < -0.4 is 5.32 Å². The van der Waals surface area contributed by atoms with Gasteiger partial charge in [0.2, 0.25) is 0 Å². The fraction of sp³-hybridized carbons (Fsp3) is 0.812. The van der Waals surface area contributed by atoms with Gasteiger partial charge in [0.25, 0.3) is 0 Å². The van der Waals surface area contributed by atoms with E-state index in [9.17, 15) is 4.79 Å². The number of carbonyl (C=O) groups excluding carboxylic acids is 1. The molecule has 20 heavy (non-hydrogen) atoms. The molecule has 2 bridgehead atoms. The quantitative estimate of drug-likeness (QED) is 0.803. The van der Waals surface area contributed by atoms with Crippen LogP contribution in [0.25, 0.3) is 0 Å². The number of piperidine rings is 2. The van der Waals surface area contributed by atoms with Crippen LogP contribution in [0.5, 0.6) is 0 Å². The summed E-state index contributed by atoms with van der Waals surface area (Å²) in [6, 6.07) is 1.73. The summed E-state index contributed by atoms with van der Waals surface area (Å²) in [5, 5.41) is 3.24. The molecule has 0 aromatic rings. The normalized spacial score (nSPS) is 29.9. The van der Waals surface area contributed by atoms with E-state index in [1.165, 1.54) is 19.3 Å². The Bertz CT molecular complexity index is 355. The van der Waals surface area contributed by atoms with Gasteiger partial charge in [0, 0.05) is 31.2 Å². The minimum absolute atomic E-state index is 0.0723. The Hall–Kier alpha value is -1.03. The van der Waals surface area contributed by atoms with Crippen molar-refractivity contribution in [1.82, 2.24) is 15.1 Å². The summed E-state index contributed by atoms with van der Waals surface area (Å²) in [4.78, 5) is 16.7. The van der Waals surface area contributed by atoms with Gasteiger partial charge >= 0.3 is 6.03 Å². The van der Waals surface area contributed by atoms with Crippen molar-refractivity contribution in [1.29, 1.82) is 0 Å². The maximum Gasteiger partial charge on any atom is 0.317 e. The lowest BCUT2D eigenvalue weighted by atomic mass is 9.82. The molecule has 2 saturated heterocycles. The van der Waals surface area contributed by atoms with Crippen molar-refractivity contribution in [3.8, 4) is 0 Å². The van der Waals surface area contributed by atoms with E-state index in [1.807, 2.05) is 18.7 Å². The molecule has 0 radical (unpaired) electrons. The van der Waals surface area contributed by atoms with Crippen molar-refractivity contribution in [2.45, 2.75) is 64.1 Å². The lowest BCUT2D eigenvalue weighted by molar-refractivity contribution is 0.0496. The summed E-state index contributed by atoms with van der Waals surface area (Å²) in [5.41, 5.74) is 1.03. The van der Waals surface area contributed by atoms with Crippen LogP contribution in [0, 0.1) is 0 Å². The number of nitrogens with one attached hydrogen (secondary N) is 1. The van der Waals surface area contributed by atoms with Gasteiger partial charge in [-0.2, -0.15) is 0 Å². The predicted octanol–water partition coefficient (Wildman–Crippen LogP) is 2.61. The van der Waals surface area contributed by atoms with Gasteiger partial charge in [0.1, 0.15) is 0 Å². The lowest BCUT2D eigenvalue weighted by Gasteiger charge is -2.47. The van der Waals surface area contributed by atoms with Gasteiger partial charge < -0.3 is 15.1 Å². The molecule has 3 atom stereocenters. The Balaban J connectivity index is 1.89. The lowest BCUT2D eigenvalue weighted by Crippen LogP contribution is -2.56. The summed E-state index contributed by atoms with van der Waals surface area (Å²) >= 11 is 0. The Morgan fingerprint density at radius 1 is 1.35 bits per heavy atom. The van der Waals surface area contributed by atoms with E-state index in [0.717, 1.165) is 25.0 Å². The number of nitrogens with zero attached hydrogens (tertiary/aromatic N) is 2. The number of rotatable bonds is 4. The molecule has 0 spiro atoms. The molecule has 2 rings (SSSR count). The highest BCUT2D eigenvalue weighted by atomic mass is 16.2. The van der Waals surface area contributed by atoms with Crippen LogP contribution in [0.3, 0.4) is 0 Å². The molecule has 1 unspecified atom stereocenters. The van der Waals surface area contributed by atoms with E-state index < -0.39 is 0 Å². The number of hydrogen-bond acceptors (Lipinski definition) is 2. The van der Waals surface area contributed by atoms with Gasteiger partial charge in [-0.25, -0.2) is 4.79 Å². The van der Waals surface area contributed by atoms with Gasteiger partial charge in [0.05, 0.1) is 0 Å². The van der Waals surface area contributed by atoms with Crippen molar-refractivity contribution in [3.05, 3.63) is 12.2 Å². The second-order valence-electron chi connectivity index (χ2n) is 6.49. The summed E-state index contributed by atoms with van der Waals surface area (Å²) in [6.45, 7) is 9.28. The van der Waals surface area contributed by atoms with Gasteiger partial charge in [-0.15, -0.1) is 0 Å². The van der Waals surface area contributed by atoms with Crippen LogP contribution in [0.2, 0.25) is 0 Å². The molecular weight excluding hydrogens is 250 g/mol. The van der Waals surface area contributed by atoms with Crippen LogP contribution in [0.4, 0.5) is 4.79 Å². The Kier molecular flexibility index (Phi) is 5.08. The van der Waals surface area contributed by atoms with Crippen LogP contribution >= 0.6 is 0 Å². The number of carbonyl (C=O) groups is 1. The number of urea groups is 1. The summed E-state index contributed by atoms with van der Waals surface area (Å²) in [6.07, 6.45) is 6.11. The van der Waals surface area contributed by atoms with Gasteiger partial charge in [-0.1, -0.05) is 18.6 Å². The molecule has 0 aliphatic carbocycles. The standard InChI is InChI=1S/C16H29N3O/c1-5-19(11-12(2)3)16(20)17-13-9-14-7-6-8-15(10-13)18(14)4/h13-15H,2,5-11H2,1,3-4H3,(H,17,20)/t13?,14-,15+. The zero-order chi connectivity index (χ0) is 14.7. The first-order valence-corrected chi connectivity index (χ1v) is 7.93. The molecule has 1 N–H and O–H groups in total. The van der Waals surface area contributed by atoms with Crippen molar-refractivity contribution in [2.75, 3.05) is 20.1 Å². The molecule has 0 aromatic heterocycles. The minimum Gasteiger partial charge on any atom is -0.335 e. The van der Waals surface area contributed by atoms with E-state index in [4.69, 9.17) is 0 Å². The Morgan fingerprint density at radius 3 is 2.45 bits per heavy atom. The molecule has 114 valence electrons. The van der Waals surface area contributed by atoms with Gasteiger partial charge in [-0.05, 0) is 46.6 Å². The highest BCUT2D eigenvalue weighted by molar-refractivity contribution is 5.74. The first kappa shape index (κ1) is 15.4. The van der Waals surface area contributed by atoms with Crippen LogP contribution in [0.15, 0.2) is 12.2 Å². The monoisotopic (exact) mass is 279 g/mol. The number of hydrogen-bond donors (Lipinski definition) is 1. The summed E-state index contributed by atoms with van der Waals surface area (Å²) in [5.74, 6) is 0. The zero-order valence-corrected chi connectivity index (χ0v) is 13.2. The molecule has 2 aliphatic rings. The van der Waals surface area contributed by atoms with E-state index in [1.54, 1.807) is 0 Å². The topological polar surface area (TPSA) is 35.6 Å². The van der Waals surface area contributed by atoms with Crippen molar-refractivity contribution in [3.63, 3.8) is 0 Å². The van der Waals surface area contributed by atoms with Gasteiger partial charge in [-0.3, -0.25) is 0 Å². The molecule has 2 aliphatic heterocycles. The summed E-state index contributed by atoms with van der Waals surface area (Å²) < 4.78 is 0. The molecular formula is C16H29N3O. The first-order valence-electron chi connectivity index (χ1n) is 7.93. The van der Waals surface area contributed by atoms with Crippen LogP contribution in [-0.4, -0.2) is 54.1 Å². The molecule has 0 aromatic carbocycles. The molecule has 2 heterocycles.